The summed E-state index contributed by atoms with van der Waals surface area (Å²) in [4.78, 5) is 4.43. The Kier molecular flexibility index (Phi) is 3.84. The molecule has 0 aliphatic heterocycles. The number of aryl methyl sites for hydroxylation is 3. The van der Waals surface area contributed by atoms with E-state index in [1.807, 2.05) is 25.4 Å². The molecule has 0 bridgehead atoms. The van der Waals surface area contributed by atoms with Crippen LogP contribution in [0.5, 0.6) is 0 Å². The molecule has 2 heterocycles. The van der Waals surface area contributed by atoms with Gasteiger partial charge in [0.15, 0.2) is 5.16 Å². The van der Waals surface area contributed by atoms with Gasteiger partial charge in [-0.15, -0.1) is 0 Å². The van der Waals surface area contributed by atoms with Crippen LogP contribution in [0.4, 0.5) is 0 Å². The summed E-state index contributed by atoms with van der Waals surface area (Å²) in [5.74, 6) is 1.59. The van der Waals surface area contributed by atoms with Gasteiger partial charge in [0.1, 0.15) is 5.76 Å². The van der Waals surface area contributed by atoms with Crippen LogP contribution >= 0.6 is 11.8 Å². The van der Waals surface area contributed by atoms with Crippen LogP contribution in [0.1, 0.15) is 22.6 Å². The number of aromatic nitrogens is 3. The lowest BCUT2D eigenvalue weighted by Crippen LogP contribution is -1.96. The molecular formula is C16H17N3OS. The van der Waals surface area contributed by atoms with E-state index in [1.54, 1.807) is 11.8 Å². The van der Waals surface area contributed by atoms with Crippen LogP contribution in [0.2, 0.25) is 0 Å². The summed E-state index contributed by atoms with van der Waals surface area (Å²) in [7, 11) is 0. The molecule has 0 radical (unpaired) electrons. The summed E-state index contributed by atoms with van der Waals surface area (Å²) >= 11 is 1.64. The largest absolute Gasteiger partial charge is 0.360 e. The Labute approximate surface area is 128 Å². The molecule has 108 valence electrons. The van der Waals surface area contributed by atoms with Gasteiger partial charge < -0.3 is 4.52 Å². The summed E-state index contributed by atoms with van der Waals surface area (Å²) in [6, 6.07) is 8.39. The first-order valence-corrected chi connectivity index (χ1v) is 7.78. The van der Waals surface area contributed by atoms with E-state index >= 15 is 0 Å². The average molecular weight is 299 g/mol. The second kappa shape index (κ2) is 5.77. The van der Waals surface area contributed by atoms with Crippen LogP contribution < -0.4 is 0 Å². The molecule has 3 rings (SSSR count). The zero-order chi connectivity index (χ0) is 14.8. The molecule has 0 spiro atoms. The molecule has 21 heavy (non-hydrogen) atoms. The Balaban J connectivity index is 1.81. The van der Waals surface area contributed by atoms with Crippen molar-refractivity contribution in [3.8, 4) is 5.69 Å². The topological polar surface area (TPSA) is 43.9 Å². The van der Waals surface area contributed by atoms with Gasteiger partial charge in [0.25, 0.3) is 0 Å². The zero-order valence-electron chi connectivity index (χ0n) is 12.3. The van der Waals surface area contributed by atoms with Crippen molar-refractivity contribution in [2.45, 2.75) is 31.7 Å². The summed E-state index contributed by atoms with van der Waals surface area (Å²) in [5.41, 5.74) is 4.61. The Morgan fingerprint density at radius 1 is 1.14 bits per heavy atom. The number of hydrogen-bond donors (Lipinski definition) is 0. The van der Waals surface area contributed by atoms with E-state index in [0.717, 1.165) is 28.1 Å². The maximum atomic E-state index is 5.24. The van der Waals surface area contributed by atoms with E-state index < -0.39 is 0 Å². The lowest BCUT2D eigenvalue weighted by Gasteiger charge is -2.09. The minimum Gasteiger partial charge on any atom is -0.360 e. The Morgan fingerprint density at radius 3 is 2.71 bits per heavy atom. The van der Waals surface area contributed by atoms with E-state index in [-0.39, 0.29) is 0 Å². The van der Waals surface area contributed by atoms with Crippen molar-refractivity contribution >= 4 is 11.8 Å². The SMILES string of the molecule is Cc1cc(CSc2nccn2-c2ccc(C)c(C)c2)on1. The molecule has 0 amide bonds. The number of benzene rings is 1. The summed E-state index contributed by atoms with van der Waals surface area (Å²) in [6.07, 6.45) is 3.81. The third kappa shape index (κ3) is 3.03. The van der Waals surface area contributed by atoms with Gasteiger partial charge in [-0.2, -0.15) is 0 Å². The number of nitrogens with zero attached hydrogens (tertiary/aromatic N) is 3. The predicted octanol–water partition coefficient (Wildman–Crippen LogP) is 4.08. The summed E-state index contributed by atoms with van der Waals surface area (Å²) in [5, 5.41) is 4.85. The number of thioether (sulfide) groups is 1. The molecule has 3 aromatic rings. The van der Waals surface area contributed by atoms with Gasteiger partial charge in [0.05, 0.1) is 11.4 Å². The Bertz CT molecular complexity index is 760. The van der Waals surface area contributed by atoms with E-state index in [2.05, 4.69) is 46.8 Å². The first kappa shape index (κ1) is 13.9. The van der Waals surface area contributed by atoms with Gasteiger partial charge in [-0.05, 0) is 44.0 Å². The van der Waals surface area contributed by atoms with Crippen molar-refractivity contribution in [1.29, 1.82) is 0 Å². The fraction of sp³-hybridized carbons (Fsp3) is 0.250. The van der Waals surface area contributed by atoms with Crippen molar-refractivity contribution in [1.82, 2.24) is 14.7 Å². The molecular weight excluding hydrogens is 282 g/mol. The van der Waals surface area contributed by atoms with Crippen molar-refractivity contribution in [3.63, 3.8) is 0 Å². The molecule has 2 aromatic heterocycles. The molecule has 0 saturated heterocycles. The quantitative estimate of drug-likeness (QED) is 0.681. The standard InChI is InChI=1S/C16H17N3OS/c1-11-4-5-14(8-12(11)2)19-7-6-17-16(19)21-10-15-9-13(3)18-20-15/h4-9H,10H2,1-3H3. The van der Waals surface area contributed by atoms with Crippen molar-refractivity contribution in [3.05, 3.63) is 59.2 Å². The Morgan fingerprint density at radius 2 is 2.00 bits per heavy atom. The third-order valence-electron chi connectivity index (χ3n) is 3.40. The van der Waals surface area contributed by atoms with Gasteiger partial charge in [0, 0.05) is 24.1 Å². The average Bonchev–Trinajstić information content (AvgIpc) is 3.08. The molecule has 5 heteroatoms. The van der Waals surface area contributed by atoms with Crippen LogP contribution in [0.25, 0.3) is 5.69 Å². The zero-order valence-corrected chi connectivity index (χ0v) is 13.1. The highest BCUT2D eigenvalue weighted by Gasteiger charge is 2.09. The fourth-order valence-corrected chi connectivity index (χ4v) is 2.94. The lowest BCUT2D eigenvalue weighted by molar-refractivity contribution is 0.391. The minimum atomic E-state index is 0.725. The normalized spacial score (nSPS) is 11.0. The highest BCUT2D eigenvalue weighted by Crippen LogP contribution is 2.25. The van der Waals surface area contributed by atoms with Gasteiger partial charge in [0.2, 0.25) is 0 Å². The van der Waals surface area contributed by atoms with Crippen LogP contribution in [0.3, 0.4) is 0 Å². The van der Waals surface area contributed by atoms with E-state index in [1.165, 1.54) is 11.1 Å². The van der Waals surface area contributed by atoms with Crippen LogP contribution in [-0.4, -0.2) is 14.7 Å². The highest BCUT2D eigenvalue weighted by atomic mass is 32.2. The lowest BCUT2D eigenvalue weighted by atomic mass is 10.1. The highest BCUT2D eigenvalue weighted by molar-refractivity contribution is 7.98. The molecule has 0 saturated carbocycles. The maximum absolute atomic E-state index is 5.24. The predicted molar refractivity (Wildman–Crippen MR) is 83.8 cm³/mol. The molecule has 0 unspecified atom stereocenters. The number of imidazole rings is 1. The van der Waals surface area contributed by atoms with Crippen molar-refractivity contribution < 1.29 is 4.52 Å². The minimum absolute atomic E-state index is 0.725. The maximum Gasteiger partial charge on any atom is 0.173 e. The van der Waals surface area contributed by atoms with E-state index in [4.69, 9.17) is 4.52 Å². The smallest absolute Gasteiger partial charge is 0.173 e. The number of hydrogen-bond acceptors (Lipinski definition) is 4. The van der Waals surface area contributed by atoms with Gasteiger partial charge in [-0.3, -0.25) is 4.57 Å². The first-order chi connectivity index (χ1) is 10.1. The second-order valence-electron chi connectivity index (χ2n) is 5.07. The molecule has 0 fully saturated rings. The van der Waals surface area contributed by atoms with Crippen LogP contribution in [-0.2, 0) is 5.75 Å². The van der Waals surface area contributed by atoms with Gasteiger partial charge >= 0.3 is 0 Å². The van der Waals surface area contributed by atoms with Crippen molar-refractivity contribution in [2.24, 2.45) is 0 Å². The van der Waals surface area contributed by atoms with E-state index in [9.17, 15) is 0 Å². The Hall–Kier alpha value is -2.01. The molecule has 0 N–H and O–H groups in total. The summed E-state index contributed by atoms with van der Waals surface area (Å²) < 4.78 is 7.33. The second-order valence-corrected chi connectivity index (χ2v) is 6.01. The number of rotatable bonds is 4. The van der Waals surface area contributed by atoms with Gasteiger partial charge in [-0.25, -0.2) is 4.98 Å². The first-order valence-electron chi connectivity index (χ1n) is 6.79. The van der Waals surface area contributed by atoms with Crippen molar-refractivity contribution in [2.75, 3.05) is 0 Å². The molecule has 1 aromatic carbocycles. The van der Waals surface area contributed by atoms with E-state index in [0.29, 0.717) is 0 Å². The monoisotopic (exact) mass is 299 g/mol. The van der Waals surface area contributed by atoms with Crippen LogP contribution in [0, 0.1) is 20.8 Å². The molecule has 0 atom stereocenters. The summed E-state index contributed by atoms with van der Waals surface area (Å²) in [6.45, 7) is 6.17. The third-order valence-corrected chi connectivity index (χ3v) is 4.38. The molecule has 0 aliphatic rings. The fourth-order valence-electron chi connectivity index (χ4n) is 2.09. The van der Waals surface area contributed by atoms with Crippen LogP contribution in [0.15, 0.2) is 46.3 Å². The molecule has 4 nitrogen and oxygen atoms in total. The van der Waals surface area contributed by atoms with Gasteiger partial charge in [-0.1, -0.05) is 23.0 Å². The molecule has 0 aliphatic carbocycles.